The van der Waals surface area contributed by atoms with Crippen LogP contribution in [0.15, 0.2) is 24.3 Å². The van der Waals surface area contributed by atoms with Crippen molar-refractivity contribution in [1.82, 2.24) is 25.1 Å². The van der Waals surface area contributed by atoms with Crippen LogP contribution in [0.3, 0.4) is 0 Å². The van der Waals surface area contributed by atoms with Crippen molar-refractivity contribution in [3.05, 3.63) is 47.0 Å². The van der Waals surface area contributed by atoms with E-state index in [1.54, 1.807) is 0 Å². The molecule has 0 spiro atoms. The Hall–Kier alpha value is -2.14. The minimum Gasteiger partial charge on any atom is -0.341 e. The topological polar surface area (TPSA) is 60.6 Å². The number of aromatic amines is 2. The van der Waals surface area contributed by atoms with E-state index >= 15 is 0 Å². The quantitative estimate of drug-likeness (QED) is 0.776. The van der Waals surface area contributed by atoms with Gasteiger partial charge in [-0.05, 0) is 45.4 Å². The molecule has 1 fully saturated rings. The normalized spacial score (nSPS) is 19.5. The lowest BCUT2D eigenvalue weighted by atomic mass is 10.00. The third kappa shape index (κ3) is 2.65. The molecule has 1 saturated heterocycles. The van der Waals surface area contributed by atoms with Crippen LogP contribution in [0.5, 0.6) is 0 Å². The summed E-state index contributed by atoms with van der Waals surface area (Å²) in [6.45, 7) is 6.25. The van der Waals surface area contributed by atoms with Crippen molar-refractivity contribution in [3.63, 3.8) is 0 Å². The number of hydrogen-bond donors (Lipinski definition) is 2. The molecule has 0 aliphatic carbocycles. The van der Waals surface area contributed by atoms with Gasteiger partial charge in [0.1, 0.15) is 5.82 Å². The van der Waals surface area contributed by atoms with Crippen molar-refractivity contribution in [3.8, 4) is 0 Å². The minimum atomic E-state index is 0.366. The Kier molecular flexibility index (Phi) is 3.65. The predicted octanol–water partition coefficient (Wildman–Crippen LogP) is 3.63. The fraction of sp³-hybridized carbons (Fsp3) is 0.444. The molecule has 2 aromatic heterocycles. The van der Waals surface area contributed by atoms with Gasteiger partial charge in [-0.15, -0.1) is 0 Å². The van der Waals surface area contributed by atoms with Gasteiger partial charge in [-0.2, -0.15) is 5.10 Å². The second-order valence-electron chi connectivity index (χ2n) is 6.53. The van der Waals surface area contributed by atoms with E-state index in [1.807, 2.05) is 6.07 Å². The van der Waals surface area contributed by atoms with E-state index in [1.165, 1.54) is 24.1 Å². The Morgan fingerprint density at radius 3 is 2.87 bits per heavy atom. The number of aryl methyl sites for hydroxylation is 2. The van der Waals surface area contributed by atoms with Crippen molar-refractivity contribution < 1.29 is 0 Å². The van der Waals surface area contributed by atoms with Gasteiger partial charge in [0.15, 0.2) is 0 Å². The van der Waals surface area contributed by atoms with Crippen LogP contribution >= 0.6 is 0 Å². The van der Waals surface area contributed by atoms with Crippen LogP contribution < -0.4 is 0 Å². The molecule has 1 unspecified atom stereocenters. The van der Waals surface area contributed by atoms with Gasteiger partial charge < -0.3 is 4.98 Å². The highest BCUT2D eigenvalue weighted by atomic mass is 15.2. The first-order valence-electron chi connectivity index (χ1n) is 8.41. The van der Waals surface area contributed by atoms with Gasteiger partial charge >= 0.3 is 0 Å². The van der Waals surface area contributed by atoms with Crippen LogP contribution in [0.4, 0.5) is 0 Å². The molecular weight excluding hydrogens is 286 g/mol. The summed E-state index contributed by atoms with van der Waals surface area (Å²) < 4.78 is 0. The van der Waals surface area contributed by atoms with E-state index in [2.05, 4.69) is 52.1 Å². The van der Waals surface area contributed by atoms with Gasteiger partial charge in [0.2, 0.25) is 0 Å². The Bertz CT molecular complexity index is 763. The van der Waals surface area contributed by atoms with Crippen LogP contribution in [0.1, 0.15) is 48.1 Å². The van der Waals surface area contributed by atoms with Gasteiger partial charge in [0.25, 0.3) is 0 Å². The van der Waals surface area contributed by atoms with Crippen molar-refractivity contribution >= 4 is 11.0 Å². The number of likely N-dealkylation sites (tertiary alicyclic amines) is 1. The highest BCUT2D eigenvalue weighted by Crippen LogP contribution is 2.32. The first-order chi connectivity index (χ1) is 11.2. The molecule has 4 rings (SSSR count). The van der Waals surface area contributed by atoms with E-state index in [4.69, 9.17) is 4.98 Å². The molecule has 0 radical (unpaired) electrons. The smallest absolute Gasteiger partial charge is 0.124 e. The maximum Gasteiger partial charge on any atom is 0.124 e. The molecule has 0 amide bonds. The number of imidazole rings is 1. The molecule has 0 saturated carbocycles. The Morgan fingerprint density at radius 2 is 2.09 bits per heavy atom. The Morgan fingerprint density at radius 1 is 1.22 bits per heavy atom. The lowest BCUT2D eigenvalue weighted by Gasteiger charge is -2.34. The highest BCUT2D eigenvalue weighted by Gasteiger charge is 2.27. The number of hydrogen-bond acceptors (Lipinski definition) is 3. The lowest BCUT2D eigenvalue weighted by molar-refractivity contribution is 0.134. The maximum atomic E-state index is 4.84. The second-order valence-corrected chi connectivity index (χ2v) is 6.53. The molecule has 5 nitrogen and oxygen atoms in total. The highest BCUT2D eigenvalue weighted by molar-refractivity contribution is 5.74. The summed E-state index contributed by atoms with van der Waals surface area (Å²) in [5.41, 5.74) is 5.80. The number of aromatic nitrogens is 4. The van der Waals surface area contributed by atoms with Crippen LogP contribution in [-0.4, -0.2) is 31.6 Å². The van der Waals surface area contributed by atoms with Gasteiger partial charge in [-0.3, -0.25) is 10.00 Å². The Labute approximate surface area is 136 Å². The first kappa shape index (κ1) is 14.5. The molecule has 1 atom stereocenters. The monoisotopic (exact) mass is 309 g/mol. The number of H-pyrrole nitrogens is 2. The standard InChI is InChI=1S/C18H23N5/c1-12-14(13(2)22-21-12)11-23-10-6-5-9-17(23)18-19-15-7-3-4-8-16(15)20-18/h3-4,7-8,17H,5-6,9-11H2,1-2H3,(H,19,20)(H,21,22). The zero-order chi connectivity index (χ0) is 15.8. The van der Waals surface area contributed by atoms with Crippen LogP contribution in [0.25, 0.3) is 11.0 Å². The lowest BCUT2D eigenvalue weighted by Crippen LogP contribution is -2.33. The first-order valence-corrected chi connectivity index (χ1v) is 8.41. The number of nitrogens with zero attached hydrogens (tertiary/aromatic N) is 3. The summed E-state index contributed by atoms with van der Waals surface area (Å²) in [6, 6.07) is 8.64. The summed E-state index contributed by atoms with van der Waals surface area (Å²) in [6.07, 6.45) is 3.68. The van der Waals surface area contributed by atoms with Crippen LogP contribution in [0, 0.1) is 13.8 Å². The molecule has 3 aromatic rings. The number of piperidine rings is 1. The molecular formula is C18H23N5. The van der Waals surface area contributed by atoms with E-state index in [0.717, 1.165) is 42.1 Å². The zero-order valence-electron chi connectivity index (χ0n) is 13.8. The number of fused-ring (bicyclic) bond motifs is 1. The molecule has 0 bridgehead atoms. The third-order valence-corrected chi connectivity index (χ3v) is 4.98. The van der Waals surface area contributed by atoms with E-state index < -0.39 is 0 Å². The molecule has 1 aromatic carbocycles. The van der Waals surface area contributed by atoms with E-state index in [9.17, 15) is 0 Å². The number of para-hydroxylation sites is 2. The van der Waals surface area contributed by atoms with Gasteiger partial charge in [0.05, 0.1) is 22.8 Å². The fourth-order valence-corrected chi connectivity index (χ4v) is 3.63. The molecule has 2 N–H and O–H groups in total. The average molecular weight is 309 g/mol. The number of rotatable bonds is 3. The molecule has 1 aliphatic rings. The van der Waals surface area contributed by atoms with Gasteiger partial charge in [-0.1, -0.05) is 18.6 Å². The molecule has 23 heavy (non-hydrogen) atoms. The predicted molar refractivity (Wildman–Crippen MR) is 91.2 cm³/mol. The van der Waals surface area contributed by atoms with Crippen molar-refractivity contribution in [2.24, 2.45) is 0 Å². The van der Waals surface area contributed by atoms with Crippen LogP contribution in [0.2, 0.25) is 0 Å². The molecule has 3 heterocycles. The number of nitrogens with one attached hydrogen (secondary N) is 2. The SMILES string of the molecule is Cc1n[nH]c(C)c1CN1CCCCC1c1nc2ccccc2[nH]1. The van der Waals surface area contributed by atoms with Crippen LogP contribution in [-0.2, 0) is 6.54 Å². The molecule has 5 heteroatoms. The summed E-state index contributed by atoms with van der Waals surface area (Å²) >= 11 is 0. The van der Waals surface area contributed by atoms with Crippen molar-refractivity contribution in [2.45, 2.75) is 45.7 Å². The van der Waals surface area contributed by atoms with Gasteiger partial charge in [-0.25, -0.2) is 4.98 Å². The zero-order valence-corrected chi connectivity index (χ0v) is 13.8. The van der Waals surface area contributed by atoms with Gasteiger partial charge in [0, 0.05) is 17.8 Å². The van der Waals surface area contributed by atoms with Crippen molar-refractivity contribution in [1.29, 1.82) is 0 Å². The second kappa shape index (κ2) is 5.81. The summed E-state index contributed by atoms with van der Waals surface area (Å²) in [5, 5.41) is 7.44. The van der Waals surface area contributed by atoms with Crippen molar-refractivity contribution in [2.75, 3.05) is 6.54 Å². The van der Waals surface area contributed by atoms with E-state index in [-0.39, 0.29) is 0 Å². The molecule has 120 valence electrons. The Balaban J connectivity index is 1.65. The summed E-state index contributed by atoms with van der Waals surface area (Å²) in [7, 11) is 0. The summed E-state index contributed by atoms with van der Waals surface area (Å²) in [5.74, 6) is 1.10. The van der Waals surface area contributed by atoms with E-state index in [0.29, 0.717) is 6.04 Å². The summed E-state index contributed by atoms with van der Waals surface area (Å²) in [4.78, 5) is 10.9. The largest absolute Gasteiger partial charge is 0.341 e. The minimum absolute atomic E-state index is 0.366. The maximum absolute atomic E-state index is 4.84. The molecule has 1 aliphatic heterocycles. The number of benzene rings is 1. The third-order valence-electron chi connectivity index (χ3n) is 4.98. The fourth-order valence-electron chi connectivity index (χ4n) is 3.63. The average Bonchev–Trinajstić information content (AvgIpc) is 3.13.